The second kappa shape index (κ2) is 18.6. The lowest BCUT2D eigenvalue weighted by molar-refractivity contribution is 0.534. The Morgan fingerprint density at radius 1 is 0.786 bits per heavy atom. The lowest BCUT2D eigenvalue weighted by Crippen LogP contribution is -2.39. The molecule has 6 N–H and O–H groups in total. The van der Waals surface area contributed by atoms with Crippen LogP contribution in [0.5, 0.6) is 0 Å². The third kappa shape index (κ3) is 22.6. The highest BCUT2D eigenvalue weighted by Crippen LogP contribution is 1.65. The van der Waals surface area contributed by atoms with Gasteiger partial charge in [-0.15, -0.1) is 0 Å². The fraction of sp³-hybridized carbons (Fsp3) is 1.00. The molecule has 0 atom stereocenters. The van der Waals surface area contributed by atoms with Gasteiger partial charge in [0.05, 0.1) is 0 Å². The average molecular weight is 204 g/mol. The molecule has 1 saturated heterocycles. The summed E-state index contributed by atoms with van der Waals surface area (Å²) in [6.45, 7) is 10.3. The minimum Gasteiger partial charge on any atom is -0.330 e. The Kier molecular flexibility index (Phi) is 21.6. The van der Waals surface area contributed by atoms with Gasteiger partial charge < -0.3 is 22.1 Å². The summed E-state index contributed by atoms with van der Waals surface area (Å²) >= 11 is 0. The van der Waals surface area contributed by atoms with Crippen molar-refractivity contribution >= 4 is 0 Å². The van der Waals surface area contributed by atoms with Crippen molar-refractivity contribution in [1.29, 1.82) is 0 Å². The van der Waals surface area contributed by atoms with Gasteiger partial charge in [0, 0.05) is 26.2 Å². The first-order valence-corrected chi connectivity index (χ1v) is 5.64. The minimum atomic E-state index is 0.819. The molecule has 0 bridgehead atoms. The Labute approximate surface area is 88.8 Å². The Hall–Kier alpha value is -0.160. The lowest BCUT2D eigenvalue weighted by Gasteiger charge is -2.11. The van der Waals surface area contributed by atoms with Crippen molar-refractivity contribution in [3.8, 4) is 0 Å². The summed E-state index contributed by atoms with van der Waals surface area (Å²) in [6.07, 6.45) is 2.19. The highest BCUT2D eigenvalue weighted by atomic mass is 15.0. The van der Waals surface area contributed by atoms with Gasteiger partial charge in [-0.3, -0.25) is 0 Å². The first kappa shape index (κ1) is 16.3. The van der Waals surface area contributed by atoms with Crippen molar-refractivity contribution < 1.29 is 0 Å². The second-order valence-electron chi connectivity index (χ2n) is 3.08. The van der Waals surface area contributed by atoms with Crippen molar-refractivity contribution in [3.05, 3.63) is 0 Å². The van der Waals surface area contributed by atoms with E-state index >= 15 is 0 Å². The molecule has 1 aliphatic heterocycles. The maximum Gasteiger partial charge on any atom is 0.00772 e. The molecule has 0 aromatic rings. The van der Waals surface area contributed by atoms with Crippen molar-refractivity contribution in [2.75, 3.05) is 39.3 Å². The molecule has 4 heteroatoms. The molecule has 4 nitrogen and oxygen atoms in total. The molecule has 0 radical (unpaired) electrons. The number of rotatable bonds is 2. The van der Waals surface area contributed by atoms with Crippen LogP contribution in [0.4, 0.5) is 0 Å². The van der Waals surface area contributed by atoms with Gasteiger partial charge in [-0.1, -0.05) is 13.8 Å². The summed E-state index contributed by atoms with van der Waals surface area (Å²) in [5, 5.41) is 6.44. The van der Waals surface area contributed by atoms with Gasteiger partial charge in [0.15, 0.2) is 0 Å². The van der Waals surface area contributed by atoms with E-state index in [4.69, 9.17) is 11.5 Å². The molecule has 0 unspecified atom stereocenters. The maximum atomic E-state index is 5.03. The lowest BCUT2D eigenvalue weighted by atomic mass is 10.4. The second-order valence-corrected chi connectivity index (χ2v) is 3.08. The fourth-order valence-electron chi connectivity index (χ4n) is 0.604. The molecule has 1 fully saturated rings. The molecule has 0 aliphatic carbocycles. The summed E-state index contributed by atoms with van der Waals surface area (Å²) in [4.78, 5) is 0. The van der Waals surface area contributed by atoms with E-state index in [0.717, 1.165) is 52.1 Å². The van der Waals surface area contributed by atoms with E-state index in [9.17, 15) is 0 Å². The third-order valence-electron chi connectivity index (χ3n) is 1.53. The van der Waals surface area contributed by atoms with Gasteiger partial charge in [-0.05, 0) is 25.9 Å². The van der Waals surface area contributed by atoms with Crippen molar-refractivity contribution in [3.63, 3.8) is 0 Å². The van der Waals surface area contributed by atoms with Crippen LogP contribution in [-0.2, 0) is 0 Å². The average Bonchev–Trinajstić information content (AvgIpc) is 2.32. The van der Waals surface area contributed by atoms with Crippen LogP contribution in [-0.4, -0.2) is 39.3 Å². The number of nitrogens with one attached hydrogen (secondary N) is 2. The van der Waals surface area contributed by atoms with Crippen LogP contribution in [0.15, 0.2) is 0 Å². The summed E-state index contributed by atoms with van der Waals surface area (Å²) in [6, 6.07) is 0. The molecule has 0 aromatic heterocycles. The molecule has 88 valence electrons. The molecule has 0 amide bonds. The standard InChI is InChI=1S/C4H10N2.2C3H9N/c1-2-6-4-3-5-1;2*1-2-3-4/h5-6H,1-4H2;2*2-4H2,1H3. The monoisotopic (exact) mass is 204 g/mol. The third-order valence-corrected chi connectivity index (χ3v) is 1.53. The molecule has 14 heavy (non-hydrogen) atoms. The summed E-state index contributed by atoms with van der Waals surface area (Å²) < 4.78 is 0. The molecule has 1 rings (SSSR count). The summed E-state index contributed by atoms with van der Waals surface area (Å²) in [5.41, 5.74) is 10.1. The van der Waals surface area contributed by atoms with E-state index in [1.807, 2.05) is 0 Å². The molecule has 1 aliphatic rings. The number of hydrogen-bond donors (Lipinski definition) is 4. The Morgan fingerprint density at radius 3 is 1.07 bits per heavy atom. The number of piperazine rings is 1. The van der Waals surface area contributed by atoms with Crippen LogP contribution in [0, 0.1) is 0 Å². The van der Waals surface area contributed by atoms with Crippen molar-refractivity contribution in [2.24, 2.45) is 11.5 Å². The van der Waals surface area contributed by atoms with Gasteiger partial charge in [0.2, 0.25) is 0 Å². The molecular weight excluding hydrogens is 176 g/mol. The first-order chi connectivity index (χ1) is 6.83. The van der Waals surface area contributed by atoms with E-state index < -0.39 is 0 Å². The van der Waals surface area contributed by atoms with E-state index in [1.54, 1.807) is 0 Å². The van der Waals surface area contributed by atoms with E-state index in [-0.39, 0.29) is 0 Å². The quantitative estimate of drug-likeness (QED) is 0.506. The predicted octanol–water partition coefficient (Wildman–Crippen LogP) is -0.111. The predicted molar refractivity (Wildman–Crippen MR) is 64.4 cm³/mol. The fourth-order valence-corrected chi connectivity index (χ4v) is 0.604. The first-order valence-electron chi connectivity index (χ1n) is 5.64. The van der Waals surface area contributed by atoms with Crippen LogP contribution in [0.2, 0.25) is 0 Å². The molecule has 1 heterocycles. The Balaban J connectivity index is 0. The highest BCUT2D eigenvalue weighted by molar-refractivity contribution is 4.59. The SMILES string of the molecule is C1CNCCN1.CCCN.CCCN. The summed E-state index contributed by atoms with van der Waals surface area (Å²) in [5.74, 6) is 0. The Bertz CT molecular complexity index is 55.0. The number of nitrogens with two attached hydrogens (primary N) is 2. The normalized spacial score (nSPS) is 14.6. The highest BCUT2D eigenvalue weighted by Gasteiger charge is 1.91. The number of hydrogen-bond acceptors (Lipinski definition) is 4. The van der Waals surface area contributed by atoms with Gasteiger partial charge in [0.25, 0.3) is 0 Å². The van der Waals surface area contributed by atoms with Gasteiger partial charge >= 0.3 is 0 Å². The summed E-state index contributed by atoms with van der Waals surface area (Å²) in [7, 11) is 0. The largest absolute Gasteiger partial charge is 0.330 e. The topological polar surface area (TPSA) is 76.1 Å². The van der Waals surface area contributed by atoms with Crippen LogP contribution in [0.3, 0.4) is 0 Å². The van der Waals surface area contributed by atoms with Crippen LogP contribution >= 0.6 is 0 Å². The van der Waals surface area contributed by atoms with Gasteiger partial charge in [-0.2, -0.15) is 0 Å². The van der Waals surface area contributed by atoms with E-state index in [0.29, 0.717) is 0 Å². The zero-order valence-electron chi connectivity index (χ0n) is 9.81. The van der Waals surface area contributed by atoms with Crippen LogP contribution in [0.1, 0.15) is 26.7 Å². The zero-order valence-corrected chi connectivity index (χ0v) is 9.81. The van der Waals surface area contributed by atoms with Crippen LogP contribution < -0.4 is 22.1 Å². The molecular formula is C10H28N4. The van der Waals surface area contributed by atoms with E-state index in [2.05, 4.69) is 24.5 Å². The zero-order chi connectivity index (χ0) is 11.1. The van der Waals surface area contributed by atoms with E-state index in [1.165, 1.54) is 0 Å². The molecule has 0 saturated carbocycles. The van der Waals surface area contributed by atoms with Gasteiger partial charge in [0.1, 0.15) is 0 Å². The van der Waals surface area contributed by atoms with Crippen LogP contribution in [0.25, 0.3) is 0 Å². The smallest absolute Gasteiger partial charge is 0.00772 e. The van der Waals surface area contributed by atoms with Crippen molar-refractivity contribution in [1.82, 2.24) is 10.6 Å². The Morgan fingerprint density at radius 2 is 1.00 bits per heavy atom. The minimum absolute atomic E-state index is 0.819. The molecule has 0 spiro atoms. The van der Waals surface area contributed by atoms with Gasteiger partial charge in [-0.25, -0.2) is 0 Å². The maximum absolute atomic E-state index is 5.03. The van der Waals surface area contributed by atoms with Crippen molar-refractivity contribution in [2.45, 2.75) is 26.7 Å². The molecule has 0 aromatic carbocycles.